The smallest absolute Gasteiger partial charge is 0.226 e. The first-order chi connectivity index (χ1) is 9.86. The fourth-order valence-corrected chi connectivity index (χ4v) is 2.40. The van der Waals surface area contributed by atoms with Gasteiger partial charge in [0.15, 0.2) is 5.65 Å². The number of nitrogens with one attached hydrogen (secondary N) is 3. The molecule has 2 aromatic heterocycles. The Hall–Kier alpha value is -1.89. The first kappa shape index (κ1) is 13.1. The molecule has 20 heavy (non-hydrogen) atoms. The van der Waals surface area contributed by atoms with Gasteiger partial charge in [0.25, 0.3) is 0 Å². The Bertz CT molecular complexity index is 563. The van der Waals surface area contributed by atoms with Crippen molar-refractivity contribution >= 4 is 22.8 Å². The van der Waals surface area contributed by atoms with Crippen LogP contribution in [0.2, 0.25) is 0 Å². The zero-order valence-corrected chi connectivity index (χ0v) is 11.6. The van der Waals surface area contributed by atoms with Crippen molar-refractivity contribution in [3.63, 3.8) is 0 Å². The van der Waals surface area contributed by atoms with E-state index in [0.717, 1.165) is 56.0 Å². The van der Waals surface area contributed by atoms with Gasteiger partial charge in [-0.25, -0.2) is 0 Å². The van der Waals surface area contributed by atoms with E-state index in [4.69, 9.17) is 4.74 Å². The Kier molecular flexibility index (Phi) is 3.96. The summed E-state index contributed by atoms with van der Waals surface area (Å²) in [6.07, 6.45) is 3.97. The second-order valence-electron chi connectivity index (χ2n) is 5.00. The average molecular weight is 276 g/mol. The van der Waals surface area contributed by atoms with E-state index in [-0.39, 0.29) is 0 Å². The number of H-pyrrole nitrogens is 1. The number of nitrogens with zero attached hydrogens (tertiary/aromatic N) is 3. The summed E-state index contributed by atoms with van der Waals surface area (Å²) in [7, 11) is 0. The predicted octanol–water partition coefficient (Wildman–Crippen LogP) is 1.62. The molecule has 0 radical (unpaired) electrons. The third-order valence-corrected chi connectivity index (χ3v) is 3.54. The van der Waals surface area contributed by atoms with Crippen molar-refractivity contribution in [1.82, 2.24) is 20.2 Å². The van der Waals surface area contributed by atoms with E-state index in [1.165, 1.54) is 0 Å². The van der Waals surface area contributed by atoms with Crippen LogP contribution < -0.4 is 10.6 Å². The Morgan fingerprint density at radius 2 is 2.15 bits per heavy atom. The van der Waals surface area contributed by atoms with Crippen LogP contribution in [0.4, 0.5) is 11.8 Å². The minimum Gasteiger partial charge on any atom is -0.381 e. The molecule has 0 saturated carbocycles. The van der Waals surface area contributed by atoms with Crippen molar-refractivity contribution < 1.29 is 4.74 Å². The molecule has 108 valence electrons. The first-order valence-corrected chi connectivity index (χ1v) is 7.13. The molecule has 0 aromatic carbocycles. The Balaban J connectivity index is 1.76. The zero-order valence-electron chi connectivity index (χ0n) is 11.6. The molecule has 0 aliphatic carbocycles. The zero-order chi connectivity index (χ0) is 13.8. The highest BCUT2D eigenvalue weighted by molar-refractivity contribution is 5.86. The second-order valence-corrected chi connectivity index (χ2v) is 5.00. The molecule has 7 nitrogen and oxygen atoms in total. The number of hydrogen-bond acceptors (Lipinski definition) is 6. The lowest BCUT2D eigenvalue weighted by molar-refractivity contribution is 0.0699. The molecule has 0 unspecified atom stereocenters. The highest BCUT2D eigenvalue weighted by atomic mass is 16.5. The molecule has 0 spiro atoms. The summed E-state index contributed by atoms with van der Waals surface area (Å²) in [5.41, 5.74) is 0.755. The van der Waals surface area contributed by atoms with Gasteiger partial charge in [0.1, 0.15) is 5.82 Å². The van der Waals surface area contributed by atoms with E-state index < -0.39 is 0 Å². The van der Waals surface area contributed by atoms with Gasteiger partial charge in [-0.15, -0.1) is 0 Å². The molecule has 3 heterocycles. The van der Waals surface area contributed by atoms with E-state index in [1.807, 2.05) is 6.92 Å². The number of hydrogen-bond donors (Lipinski definition) is 3. The molecule has 7 heteroatoms. The second kappa shape index (κ2) is 6.04. The van der Waals surface area contributed by atoms with Crippen molar-refractivity contribution in [2.45, 2.75) is 19.8 Å². The van der Waals surface area contributed by atoms with Crippen LogP contribution in [0, 0.1) is 5.92 Å². The van der Waals surface area contributed by atoms with E-state index >= 15 is 0 Å². The standard InChI is InChI=1S/C13H20N6O/c1-2-14-13-17-11(10-8-16-19-12(10)18-13)15-7-9-3-5-20-6-4-9/h8-9H,2-7H2,1H3,(H3,14,15,16,17,18,19). The summed E-state index contributed by atoms with van der Waals surface area (Å²) in [4.78, 5) is 8.90. The van der Waals surface area contributed by atoms with E-state index in [2.05, 4.69) is 30.8 Å². The lowest BCUT2D eigenvalue weighted by atomic mass is 10.0. The van der Waals surface area contributed by atoms with E-state index in [0.29, 0.717) is 11.9 Å². The van der Waals surface area contributed by atoms with Crippen molar-refractivity contribution in [2.24, 2.45) is 5.92 Å². The predicted molar refractivity (Wildman–Crippen MR) is 77.9 cm³/mol. The summed E-state index contributed by atoms with van der Waals surface area (Å²) in [6, 6.07) is 0. The monoisotopic (exact) mass is 276 g/mol. The number of fused-ring (bicyclic) bond motifs is 1. The van der Waals surface area contributed by atoms with Crippen LogP contribution >= 0.6 is 0 Å². The van der Waals surface area contributed by atoms with Crippen LogP contribution in [0.5, 0.6) is 0 Å². The van der Waals surface area contributed by atoms with Gasteiger partial charge in [0.05, 0.1) is 11.6 Å². The van der Waals surface area contributed by atoms with Crippen LogP contribution in [-0.2, 0) is 4.74 Å². The van der Waals surface area contributed by atoms with E-state index in [1.54, 1.807) is 6.20 Å². The maximum Gasteiger partial charge on any atom is 0.226 e. The Labute approximate surface area is 117 Å². The fourth-order valence-electron chi connectivity index (χ4n) is 2.40. The molecule has 0 amide bonds. The highest BCUT2D eigenvalue weighted by Crippen LogP contribution is 2.21. The van der Waals surface area contributed by atoms with Gasteiger partial charge < -0.3 is 15.4 Å². The van der Waals surface area contributed by atoms with Crippen molar-refractivity contribution in [2.75, 3.05) is 36.9 Å². The molecule has 3 rings (SSSR count). The van der Waals surface area contributed by atoms with Crippen molar-refractivity contribution in [3.05, 3.63) is 6.20 Å². The van der Waals surface area contributed by atoms with Crippen molar-refractivity contribution in [3.8, 4) is 0 Å². The number of anilines is 2. The number of rotatable bonds is 5. The SMILES string of the molecule is CCNc1nc(NCC2CCOCC2)c2cn[nH]c2n1. The van der Waals surface area contributed by atoms with Crippen LogP contribution in [0.3, 0.4) is 0 Å². The highest BCUT2D eigenvalue weighted by Gasteiger charge is 2.15. The van der Waals surface area contributed by atoms with Gasteiger partial charge in [-0.3, -0.25) is 5.10 Å². The fraction of sp³-hybridized carbons (Fsp3) is 0.615. The molecular weight excluding hydrogens is 256 g/mol. The normalized spacial score (nSPS) is 16.4. The van der Waals surface area contributed by atoms with Gasteiger partial charge in [-0.2, -0.15) is 15.1 Å². The lowest BCUT2D eigenvalue weighted by Gasteiger charge is -2.22. The molecule has 0 atom stereocenters. The summed E-state index contributed by atoms with van der Waals surface area (Å²) in [5, 5.41) is 14.4. The van der Waals surface area contributed by atoms with Gasteiger partial charge in [-0.1, -0.05) is 0 Å². The molecule has 1 saturated heterocycles. The molecule has 1 fully saturated rings. The van der Waals surface area contributed by atoms with Crippen LogP contribution in [0.15, 0.2) is 6.20 Å². The van der Waals surface area contributed by atoms with Crippen LogP contribution in [0.25, 0.3) is 11.0 Å². The average Bonchev–Trinajstić information content (AvgIpc) is 2.95. The van der Waals surface area contributed by atoms with Crippen LogP contribution in [-0.4, -0.2) is 46.5 Å². The molecule has 1 aliphatic rings. The van der Waals surface area contributed by atoms with Crippen molar-refractivity contribution in [1.29, 1.82) is 0 Å². The number of aromatic amines is 1. The van der Waals surface area contributed by atoms with Gasteiger partial charge >= 0.3 is 0 Å². The first-order valence-electron chi connectivity index (χ1n) is 7.13. The topological polar surface area (TPSA) is 87.8 Å². The van der Waals surface area contributed by atoms with Gasteiger partial charge in [-0.05, 0) is 25.7 Å². The summed E-state index contributed by atoms with van der Waals surface area (Å²) in [5.74, 6) is 2.10. The quantitative estimate of drug-likeness (QED) is 0.769. The summed E-state index contributed by atoms with van der Waals surface area (Å²) >= 11 is 0. The minimum absolute atomic E-state index is 0.624. The van der Waals surface area contributed by atoms with E-state index in [9.17, 15) is 0 Å². The van der Waals surface area contributed by atoms with Gasteiger partial charge in [0.2, 0.25) is 5.95 Å². The number of aromatic nitrogens is 4. The Morgan fingerprint density at radius 1 is 1.30 bits per heavy atom. The number of ether oxygens (including phenoxy) is 1. The molecule has 2 aromatic rings. The lowest BCUT2D eigenvalue weighted by Crippen LogP contribution is -2.23. The molecular formula is C13H20N6O. The summed E-state index contributed by atoms with van der Waals surface area (Å²) in [6.45, 7) is 5.45. The molecule has 1 aliphatic heterocycles. The third-order valence-electron chi connectivity index (χ3n) is 3.54. The van der Waals surface area contributed by atoms with Crippen LogP contribution in [0.1, 0.15) is 19.8 Å². The van der Waals surface area contributed by atoms with Gasteiger partial charge in [0, 0.05) is 26.3 Å². The maximum absolute atomic E-state index is 5.38. The Morgan fingerprint density at radius 3 is 2.95 bits per heavy atom. The molecule has 0 bridgehead atoms. The molecule has 3 N–H and O–H groups in total. The largest absolute Gasteiger partial charge is 0.381 e. The third kappa shape index (κ3) is 2.82. The minimum atomic E-state index is 0.624. The maximum atomic E-state index is 5.38. The summed E-state index contributed by atoms with van der Waals surface area (Å²) < 4.78 is 5.38.